The maximum Gasteiger partial charge on any atom is 0.145 e. The molecule has 0 spiro atoms. The molecule has 0 bridgehead atoms. The van der Waals surface area contributed by atoms with Gasteiger partial charge in [0.2, 0.25) is 0 Å². The molecule has 0 aromatic carbocycles. The predicted octanol–water partition coefficient (Wildman–Crippen LogP) is 0.601. The van der Waals surface area contributed by atoms with E-state index in [-0.39, 0.29) is 0 Å². The van der Waals surface area contributed by atoms with Crippen molar-refractivity contribution < 1.29 is 0 Å². The van der Waals surface area contributed by atoms with Crippen LogP contribution in [0, 0.1) is 6.92 Å². The molecule has 1 aliphatic rings. The number of nitrogens with zero attached hydrogens (tertiary/aromatic N) is 4. The van der Waals surface area contributed by atoms with Crippen LogP contribution in [0.25, 0.3) is 0 Å². The molecule has 1 aliphatic heterocycles. The Kier molecular flexibility index (Phi) is 3.98. The number of nitrogens with two attached hydrogens (primary N) is 1. The summed E-state index contributed by atoms with van der Waals surface area (Å²) in [5.74, 6) is 7.80. The van der Waals surface area contributed by atoms with Crippen molar-refractivity contribution in [3.05, 3.63) is 11.9 Å². The van der Waals surface area contributed by atoms with E-state index in [1.165, 1.54) is 0 Å². The molecule has 3 N–H and O–H groups in total. The lowest BCUT2D eigenvalue weighted by atomic mass is 10.1. The molecule has 0 radical (unpaired) electrons. The molecule has 6 heteroatoms. The summed E-state index contributed by atoms with van der Waals surface area (Å²) < 4.78 is 0. The standard InChI is InChI=1S/C12H22N6/c1-4-10-8-18(6-5-17(10)3)12-7-11(16-13)14-9(2)15-12/h7,10H,4-6,8,13H2,1-3H3,(H,14,15,16). The van der Waals surface area contributed by atoms with E-state index >= 15 is 0 Å². The van der Waals surface area contributed by atoms with Gasteiger partial charge in [0.15, 0.2) is 0 Å². The largest absolute Gasteiger partial charge is 0.354 e. The zero-order valence-corrected chi connectivity index (χ0v) is 11.3. The summed E-state index contributed by atoms with van der Waals surface area (Å²) in [4.78, 5) is 13.4. The fraction of sp³-hybridized carbons (Fsp3) is 0.667. The van der Waals surface area contributed by atoms with Crippen molar-refractivity contribution in [3.63, 3.8) is 0 Å². The number of aromatic nitrogens is 2. The van der Waals surface area contributed by atoms with Crippen molar-refractivity contribution in [3.8, 4) is 0 Å². The Hall–Kier alpha value is -1.40. The van der Waals surface area contributed by atoms with Crippen LogP contribution in [-0.4, -0.2) is 47.6 Å². The first-order chi connectivity index (χ1) is 8.63. The van der Waals surface area contributed by atoms with Crippen molar-refractivity contribution in [1.82, 2.24) is 14.9 Å². The molecule has 0 amide bonds. The topological polar surface area (TPSA) is 70.3 Å². The summed E-state index contributed by atoms with van der Waals surface area (Å²) in [6.45, 7) is 7.17. The van der Waals surface area contributed by atoms with Crippen LogP contribution in [0.1, 0.15) is 19.2 Å². The number of piperazine rings is 1. The highest BCUT2D eigenvalue weighted by Gasteiger charge is 2.24. The highest BCUT2D eigenvalue weighted by atomic mass is 15.3. The molecule has 2 rings (SSSR count). The lowest BCUT2D eigenvalue weighted by Gasteiger charge is -2.39. The minimum absolute atomic E-state index is 0.586. The maximum atomic E-state index is 5.43. The van der Waals surface area contributed by atoms with Crippen molar-refractivity contribution in [2.45, 2.75) is 26.3 Å². The molecule has 2 heterocycles. The van der Waals surface area contributed by atoms with Crippen molar-refractivity contribution >= 4 is 11.6 Å². The van der Waals surface area contributed by atoms with Gasteiger partial charge in [-0.05, 0) is 20.4 Å². The summed E-state index contributed by atoms with van der Waals surface area (Å²) in [5.41, 5.74) is 2.59. The van der Waals surface area contributed by atoms with E-state index in [1.807, 2.05) is 13.0 Å². The summed E-state index contributed by atoms with van der Waals surface area (Å²) in [6.07, 6.45) is 1.15. The average Bonchev–Trinajstić information content (AvgIpc) is 2.38. The van der Waals surface area contributed by atoms with E-state index in [0.717, 1.165) is 37.7 Å². The Morgan fingerprint density at radius 2 is 2.22 bits per heavy atom. The van der Waals surface area contributed by atoms with E-state index in [4.69, 9.17) is 5.84 Å². The average molecular weight is 250 g/mol. The quantitative estimate of drug-likeness (QED) is 0.605. The van der Waals surface area contributed by atoms with Crippen LogP contribution < -0.4 is 16.2 Å². The summed E-state index contributed by atoms with van der Waals surface area (Å²) in [6, 6.07) is 2.49. The molecule has 6 nitrogen and oxygen atoms in total. The number of anilines is 2. The van der Waals surface area contributed by atoms with Gasteiger partial charge >= 0.3 is 0 Å². The van der Waals surface area contributed by atoms with E-state index in [9.17, 15) is 0 Å². The highest BCUT2D eigenvalue weighted by Crippen LogP contribution is 2.20. The van der Waals surface area contributed by atoms with Crippen molar-refractivity contribution in [1.29, 1.82) is 0 Å². The number of likely N-dealkylation sites (N-methyl/N-ethyl adjacent to an activating group) is 1. The second-order valence-corrected chi connectivity index (χ2v) is 4.79. The number of nitrogens with one attached hydrogen (secondary N) is 1. The van der Waals surface area contributed by atoms with E-state index in [2.05, 4.69) is 39.2 Å². The van der Waals surface area contributed by atoms with Crippen LogP contribution in [0.2, 0.25) is 0 Å². The molecule has 18 heavy (non-hydrogen) atoms. The molecule has 0 saturated carbocycles. The van der Waals surface area contributed by atoms with Crippen LogP contribution in [-0.2, 0) is 0 Å². The van der Waals surface area contributed by atoms with Gasteiger partial charge in [-0.15, -0.1) is 0 Å². The van der Waals surface area contributed by atoms with Gasteiger partial charge in [0.1, 0.15) is 17.5 Å². The van der Waals surface area contributed by atoms with E-state index < -0.39 is 0 Å². The fourth-order valence-corrected chi connectivity index (χ4v) is 2.38. The monoisotopic (exact) mass is 250 g/mol. The molecule has 1 atom stereocenters. The molecule has 1 fully saturated rings. The first kappa shape index (κ1) is 13.0. The van der Waals surface area contributed by atoms with Crippen LogP contribution in [0.15, 0.2) is 6.07 Å². The summed E-state index contributed by atoms with van der Waals surface area (Å²) in [5, 5.41) is 0. The van der Waals surface area contributed by atoms with Gasteiger partial charge in [-0.2, -0.15) is 0 Å². The number of nitrogen functional groups attached to an aromatic ring is 1. The van der Waals surface area contributed by atoms with Gasteiger partial charge in [-0.3, -0.25) is 4.90 Å². The molecule has 1 aromatic heterocycles. The number of rotatable bonds is 3. The third kappa shape index (κ3) is 2.70. The Morgan fingerprint density at radius 3 is 2.89 bits per heavy atom. The zero-order valence-electron chi connectivity index (χ0n) is 11.3. The minimum atomic E-state index is 0.586. The number of hydrogen-bond acceptors (Lipinski definition) is 6. The molecule has 1 saturated heterocycles. The second-order valence-electron chi connectivity index (χ2n) is 4.79. The Morgan fingerprint density at radius 1 is 1.44 bits per heavy atom. The second kappa shape index (κ2) is 5.49. The number of hydrazine groups is 1. The fourth-order valence-electron chi connectivity index (χ4n) is 2.38. The zero-order chi connectivity index (χ0) is 13.1. The Bertz CT molecular complexity index is 408. The minimum Gasteiger partial charge on any atom is -0.354 e. The van der Waals surface area contributed by atoms with Gasteiger partial charge in [-0.1, -0.05) is 6.92 Å². The van der Waals surface area contributed by atoms with Gasteiger partial charge in [0.05, 0.1) is 0 Å². The molecule has 0 aliphatic carbocycles. The molecule has 1 unspecified atom stereocenters. The number of aryl methyl sites for hydroxylation is 1. The third-order valence-corrected chi connectivity index (χ3v) is 3.54. The Balaban J connectivity index is 2.18. The van der Waals surface area contributed by atoms with Crippen molar-refractivity contribution in [2.75, 3.05) is 37.0 Å². The smallest absolute Gasteiger partial charge is 0.145 e. The summed E-state index contributed by atoms with van der Waals surface area (Å²) in [7, 11) is 2.18. The van der Waals surface area contributed by atoms with Crippen LogP contribution in [0.5, 0.6) is 0 Å². The first-order valence-electron chi connectivity index (χ1n) is 6.41. The lowest BCUT2D eigenvalue weighted by molar-refractivity contribution is 0.213. The van der Waals surface area contributed by atoms with E-state index in [0.29, 0.717) is 11.9 Å². The van der Waals surface area contributed by atoms with Gasteiger partial charge in [0.25, 0.3) is 0 Å². The first-order valence-corrected chi connectivity index (χ1v) is 6.41. The van der Waals surface area contributed by atoms with Crippen LogP contribution >= 0.6 is 0 Å². The highest BCUT2D eigenvalue weighted by molar-refractivity contribution is 5.49. The SMILES string of the molecule is CCC1CN(c2cc(NN)nc(C)n2)CCN1C. The maximum absolute atomic E-state index is 5.43. The molecule has 1 aromatic rings. The van der Waals surface area contributed by atoms with Gasteiger partial charge < -0.3 is 10.3 Å². The summed E-state index contributed by atoms with van der Waals surface area (Å²) >= 11 is 0. The number of hydrogen-bond donors (Lipinski definition) is 2. The molecular weight excluding hydrogens is 228 g/mol. The third-order valence-electron chi connectivity index (χ3n) is 3.54. The normalized spacial score (nSPS) is 21.1. The molecular formula is C12H22N6. The van der Waals surface area contributed by atoms with Gasteiger partial charge in [0, 0.05) is 31.7 Å². The van der Waals surface area contributed by atoms with Crippen LogP contribution in [0.4, 0.5) is 11.6 Å². The Labute approximate surface area is 108 Å². The predicted molar refractivity (Wildman–Crippen MR) is 73.5 cm³/mol. The lowest BCUT2D eigenvalue weighted by Crippen LogP contribution is -2.51. The molecule has 100 valence electrons. The van der Waals surface area contributed by atoms with Gasteiger partial charge in [-0.25, -0.2) is 15.8 Å². The van der Waals surface area contributed by atoms with Crippen LogP contribution in [0.3, 0.4) is 0 Å². The van der Waals surface area contributed by atoms with Crippen molar-refractivity contribution in [2.24, 2.45) is 5.84 Å². The van der Waals surface area contributed by atoms with E-state index in [1.54, 1.807) is 0 Å².